The van der Waals surface area contributed by atoms with Crippen LogP contribution in [0.5, 0.6) is 0 Å². The molecule has 1 unspecified atom stereocenters. The predicted molar refractivity (Wildman–Crippen MR) is 97.5 cm³/mol. The minimum Gasteiger partial charge on any atom is -0.467 e. The summed E-state index contributed by atoms with van der Waals surface area (Å²) in [5.74, 6) is -1.65. The molecule has 1 amide bonds. The van der Waals surface area contributed by atoms with Gasteiger partial charge >= 0.3 is 12.1 Å². The Hall–Kier alpha value is -2.93. The van der Waals surface area contributed by atoms with Crippen molar-refractivity contribution < 1.29 is 35.9 Å². The van der Waals surface area contributed by atoms with Gasteiger partial charge in [-0.05, 0) is 25.1 Å². The van der Waals surface area contributed by atoms with Gasteiger partial charge in [-0.3, -0.25) is 4.79 Å². The van der Waals surface area contributed by atoms with Gasteiger partial charge < -0.3 is 15.0 Å². The molecular weight excluding hydrogens is 429 g/mol. The zero-order chi connectivity index (χ0) is 22.5. The molecule has 3 N–H and O–H groups in total. The van der Waals surface area contributed by atoms with Gasteiger partial charge in [0.25, 0.3) is 0 Å². The zero-order valence-corrected chi connectivity index (χ0v) is 16.7. The number of rotatable bonds is 8. The molecule has 13 heteroatoms. The van der Waals surface area contributed by atoms with Crippen molar-refractivity contribution in [3.63, 3.8) is 0 Å². The second-order valence-corrected chi connectivity index (χ2v) is 7.95. The number of aromatic nitrogens is 2. The van der Waals surface area contributed by atoms with Crippen LogP contribution < -0.4 is 10.0 Å². The number of imidazole rings is 1. The molecule has 0 aliphatic carbocycles. The molecule has 1 aromatic carbocycles. The molecule has 0 aliphatic rings. The number of aromatic amines is 1. The molecule has 2 rings (SSSR count). The second kappa shape index (κ2) is 9.26. The topological polar surface area (TPSA) is 130 Å². The van der Waals surface area contributed by atoms with E-state index in [9.17, 15) is 31.2 Å². The fourth-order valence-corrected chi connectivity index (χ4v) is 3.69. The molecule has 2 atom stereocenters. The highest BCUT2D eigenvalue weighted by Crippen LogP contribution is 2.30. The minimum atomic E-state index is -4.73. The predicted octanol–water partition coefficient (Wildman–Crippen LogP) is 0.996. The minimum absolute atomic E-state index is 0.00547. The van der Waals surface area contributed by atoms with Crippen LogP contribution in [0.1, 0.15) is 18.2 Å². The lowest BCUT2D eigenvalue weighted by atomic mass is 10.1. The molecular formula is C17H19F3N4O5S. The number of nitrogens with zero attached hydrogens (tertiary/aromatic N) is 1. The number of methoxy groups -OCH3 is 1. The lowest BCUT2D eigenvalue weighted by Gasteiger charge is -2.19. The summed E-state index contributed by atoms with van der Waals surface area (Å²) in [6.07, 6.45) is -1.92. The molecule has 0 bridgehead atoms. The number of hydrogen-bond acceptors (Lipinski definition) is 6. The van der Waals surface area contributed by atoms with Crippen molar-refractivity contribution in [3.05, 3.63) is 48.0 Å². The molecule has 30 heavy (non-hydrogen) atoms. The summed E-state index contributed by atoms with van der Waals surface area (Å²) < 4.78 is 69.9. The van der Waals surface area contributed by atoms with Crippen LogP contribution in [0.25, 0.3) is 0 Å². The van der Waals surface area contributed by atoms with Crippen LogP contribution in [0, 0.1) is 0 Å². The van der Waals surface area contributed by atoms with Gasteiger partial charge in [-0.2, -0.15) is 17.9 Å². The van der Waals surface area contributed by atoms with Crippen molar-refractivity contribution in [2.75, 3.05) is 7.11 Å². The number of carbonyl (C=O) groups is 2. The van der Waals surface area contributed by atoms with Crippen LogP contribution >= 0.6 is 0 Å². The summed E-state index contributed by atoms with van der Waals surface area (Å²) in [5, 5.41) is 2.35. The lowest BCUT2D eigenvalue weighted by Crippen LogP contribution is -2.51. The molecule has 164 valence electrons. The summed E-state index contributed by atoms with van der Waals surface area (Å²) in [5.41, 5.74) is -0.629. The molecule has 1 heterocycles. The van der Waals surface area contributed by atoms with Crippen molar-refractivity contribution in [2.45, 2.75) is 36.5 Å². The van der Waals surface area contributed by atoms with E-state index < -0.39 is 50.6 Å². The first-order valence-corrected chi connectivity index (χ1v) is 9.97. The van der Waals surface area contributed by atoms with Gasteiger partial charge in [-0.1, -0.05) is 6.07 Å². The molecule has 0 spiro atoms. The third kappa shape index (κ3) is 6.03. The van der Waals surface area contributed by atoms with Crippen LogP contribution in [0.15, 0.2) is 41.7 Å². The molecule has 0 aliphatic heterocycles. The Morgan fingerprint density at radius 1 is 1.30 bits per heavy atom. The van der Waals surface area contributed by atoms with Crippen LogP contribution in [0.2, 0.25) is 0 Å². The summed E-state index contributed by atoms with van der Waals surface area (Å²) in [4.78, 5) is 30.2. The maximum absolute atomic E-state index is 12.8. The van der Waals surface area contributed by atoms with E-state index in [2.05, 4.69) is 20.0 Å². The molecule has 0 saturated carbocycles. The lowest BCUT2D eigenvalue weighted by molar-refractivity contribution is -0.145. The van der Waals surface area contributed by atoms with Gasteiger partial charge in [0.15, 0.2) is 0 Å². The number of nitrogens with one attached hydrogen (secondary N) is 3. The summed E-state index contributed by atoms with van der Waals surface area (Å²) >= 11 is 0. The average Bonchev–Trinajstić information content (AvgIpc) is 3.19. The molecule has 9 nitrogen and oxygen atoms in total. The molecule has 1 aromatic heterocycles. The summed E-state index contributed by atoms with van der Waals surface area (Å²) in [7, 11) is -3.32. The number of alkyl halides is 3. The third-order valence-corrected chi connectivity index (χ3v) is 5.52. The maximum atomic E-state index is 12.8. The van der Waals surface area contributed by atoms with Gasteiger partial charge in [0.1, 0.15) is 6.04 Å². The van der Waals surface area contributed by atoms with Crippen molar-refractivity contribution in [3.8, 4) is 0 Å². The van der Waals surface area contributed by atoms with Gasteiger partial charge in [-0.15, -0.1) is 0 Å². The Bertz CT molecular complexity index is 993. The maximum Gasteiger partial charge on any atom is 0.416 e. The number of ether oxygens (including phenoxy) is 1. The van der Waals surface area contributed by atoms with E-state index in [-0.39, 0.29) is 6.42 Å². The van der Waals surface area contributed by atoms with Crippen LogP contribution in [-0.2, 0) is 36.9 Å². The first-order valence-electron chi connectivity index (χ1n) is 8.49. The number of H-pyrrole nitrogens is 1. The van der Waals surface area contributed by atoms with Gasteiger partial charge in [0, 0.05) is 18.3 Å². The normalized spacial score (nSPS) is 14.0. The summed E-state index contributed by atoms with van der Waals surface area (Å²) in [6, 6.07) is 0.577. The highest BCUT2D eigenvalue weighted by molar-refractivity contribution is 7.89. The van der Waals surface area contributed by atoms with Crippen LogP contribution in [0.4, 0.5) is 13.2 Å². The number of esters is 1. The summed E-state index contributed by atoms with van der Waals surface area (Å²) in [6.45, 7) is 1.19. The van der Waals surface area contributed by atoms with Crippen LogP contribution in [0.3, 0.4) is 0 Å². The standard InChI is InChI=1S/C17H19F3N4O5S/c1-10(15(25)23-14(16(26)29-2)7-12-8-21-9-22-12)24-30(27,28)13-5-3-4-11(6-13)17(18,19)20/h3-6,8-10,14,24H,7H2,1-2H3,(H,21,22)(H,23,25)/t10?,14-/m0/s1. The highest BCUT2D eigenvalue weighted by atomic mass is 32.2. The van der Waals surface area contributed by atoms with Crippen LogP contribution in [-0.4, -0.2) is 49.5 Å². The molecule has 2 aromatic rings. The van der Waals surface area contributed by atoms with Crippen molar-refractivity contribution in [1.82, 2.24) is 20.0 Å². The zero-order valence-electron chi connectivity index (χ0n) is 15.9. The number of amides is 1. The Morgan fingerprint density at radius 3 is 2.57 bits per heavy atom. The largest absolute Gasteiger partial charge is 0.467 e. The quantitative estimate of drug-likeness (QED) is 0.517. The van der Waals surface area contributed by atoms with E-state index in [1.54, 1.807) is 0 Å². The van der Waals surface area contributed by atoms with Gasteiger partial charge in [0.2, 0.25) is 15.9 Å². The molecule has 0 radical (unpaired) electrons. The SMILES string of the molecule is COC(=O)[C@H](Cc1cnc[nH]1)NC(=O)C(C)NS(=O)(=O)c1cccc(C(F)(F)F)c1. The Morgan fingerprint density at radius 2 is 2.00 bits per heavy atom. The number of carbonyl (C=O) groups excluding carboxylic acids is 2. The van der Waals surface area contributed by atoms with E-state index in [0.29, 0.717) is 11.8 Å². The first kappa shape index (κ1) is 23.3. The first-order chi connectivity index (χ1) is 13.9. The van der Waals surface area contributed by atoms with E-state index >= 15 is 0 Å². The van der Waals surface area contributed by atoms with Crippen molar-refractivity contribution >= 4 is 21.9 Å². The Balaban J connectivity index is 2.12. The number of benzene rings is 1. The van der Waals surface area contributed by atoms with Gasteiger partial charge in [0.05, 0.1) is 29.9 Å². The molecule has 0 saturated heterocycles. The van der Waals surface area contributed by atoms with E-state index in [4.69, 9.17) is 0 Å². The Labute approximate surface area is 170 Å². The van der Waals surface area contributed by atoms with Crippen molar-refractivity contribution in [2.24, 2.45) is 0 Å². The van der Waals surface area contributed by atoms with Crippen molar-refractivity contribution in [1.29, 1.82) is 0 Å². The fourth-order valence-electron chi connectivity index (χ4n) is 2.44. The molecule has 0 fully saturated rings. The van der Waals surface area contributed by atoms with Gasteiger partial charge in [-0.25, -0.2) is 18.2 Å². The second-order valence-electron chi connectivity index (χ2n) is 6.23. The van der Waals surface area contributed by atoms with E-state index in [1.165, 1.54) is 19.4 Å². The number of sulfonamides is 1. The Kier molecular flexibility index (Phi) is 7.21. The van der Waals surface area contributed by atoms with E-state index in [1.807, 2.05) is 4.72 Å². The highest BCUT2D eigenvalue weighted by Gasteiger charge is 2.32. The van der Waals surface area contributed by atoms with E-state index in [0.717, 1.165) is 25.3 Å². The smallest absolute Gasteiger partial charge is 0.416 e. The fraction of sp³-hybridized carbons (Fsp3) is 0.353. The number of halogens is 3. The third-order valence-electron chi connectivity index (χ3n) is 3.98. The number of hydrogen-bond donors (Lipinski definition) is 3. The average molecular weight is 448 g/mol. The monoisotopic (exact) mass is 448 g/mol.